The minimum atomic E-state index is -0.526. The average molecular weight is 220 g/mol. The number of esters is 1. The molecule has 0 fully saturated rings. The van der Waals surface area contributed by atoms with Gasteiger partial charge in [-0.15, -0.1) is 0 Å². The predicted octanol–water partition coefficient (Wildman–Crippen LogP) is 2.06. The van der Waals surface area contributed by atoms with Crippen LogP contribution in [-0.4, -0.2) is 17.2 Å². The van der Waals surface area contributed by atoms with Crippen LogP contribution in [0.1, 0.15) is 18.9 Å². The maximum Gasteiger partial charge on any atom is 0.309 e. The molecule has 1 N–H and O–H groups in total. The van der Waals surface area contributed by atoms with Crippen molar-refractivity contribution in [3.63, 3.8) is 0 Å². The zero-order valence-electron chi connectivity index (χ0n) is 9.30. The second-order valence-corrected chi connectivity index (χ2v) is 3.52. The molecule has 3 nitrogen and oxygen atoms in total. The van der Waals surface area contributed by atoms with Crippen LogP contribution in [0, 0.1) is 0 Å². The zero-order valence-corrected chi connectivity index (χ0v) is 9.30. The van der Waals surface area contributed by atoms with Crippen LogP contribution in [0.2, 0.25) is 0 Å². The first-order valence-electron chi connectivity index (χ1n) is 5.23. The molecule has 1 atom stereocenters. The van der Waals surface area contributed by atoms with Crippen molar-refractivity contribution in [2.75, 3.05) is 0 Å². The summed E-state index contributed by atoms with van der Waals surface area (Å²) in [6.45, 7) is 1.92. The molecule has 0 saturated carbocycles. The largest absolute Gasteiger partial charge is 0.461 e. The lowest BCUT2D eigenvalue weighted by Crippen LogP contribution is -2.03. The van der Waals surface area contributed by atoms with Crippen LogP contribution in [0.15, 0.2) is 42.5 Å². The van der Waals surface area contributed by atoms with E-state index in [-0.39, 0.29) is 12.4 Å². The van der Waals surface area contributed by atoms with Crippen molar-refractivity contribution in [1.82, 2.24) is 0 Å². The average Bonchev–Trinajstić information content (AvgIpc) is 2.27. The van der Waals surface area contributed by atoms with Crippen LogP contribution in [0.25, 0.3) is 0 Å². The van der Waals surface area contributed by atoms with E-state index in [0.29, 0.717) is 6.61 Å². The lowest BCUT2D eigenvalue weighted by atomic mass is 10.2. The monoisotopic (exact) mass is 220 g/mol. The van der Waals surface area contributed by atoms with Crippen molar-refractivity contribution >= 4 is 5.97 Å². The second-order valence-electron chi connectivity index (χ2n) is 3.52. The minimum Gasteiger partial charge on any atom is -0.461 e. The standard InChI is InChI=1S/C13H16O3/c1-11(14)6-5-9-13(15)16-10-12-7-3-2-4-8-12/h2-8,11,14H,9-10H2,1H3/b6-5+/t11-/m1/s1. The Bertz CT molecular complexity index is 341. The molecule has 0 amide bonds. The maximum atomic E-state index is 11.2. The summed E-state index contributed by atoms with van der Waals surface area (Å²) in [6, 6.07) is 9.52. The van der Waals surface area contributed by atoms with Gasteiger partial charge in [0.15, 0.2) is 0 Å². The molecular weight excluding hydrogens is 204 g/mol. The molecule has 0 heterocycles. The van der Waals surface area contributed by atoms with Gasteiger partial charge in [-0.05, 0) is 12.5 Å². The fourth-order valence-electron chi connectivity index (χ4n) is 1.16. The molecule has 0 bridgehead atoms. The van der Waals surface area contributed by atoms with E-state index in [9.17, 15) is 4.79 Å². The van der Waals surface area contributed by atoms with E-state index in [1.165, 1.54) is 0 Å². The lowest BCUT2D eigenvalue weighted by Gasteiger charge is -2.02. The highest BCUT2D eigenvalue weighted by atomic mass is 16.5. The summed E-state index contributed by atoms with van der Waals surface area (Å²) in [4.78, 5) is 11.2. The van der Waals surface area contributed by atoms with E-state index < -0.39 is 6.10 Å². The van der Waals surface area contributed by atoms with E-state index in [2.05, 4.69) is 0 Å². The Hall–Kier alpha value is -1.61. The fraction of sp³-hybridized carbons (Fsp3) is 0.308. The summed E-state index contributed by atoms with van der Waals surface area (Å²) in [5.41, 5.74) is 0.968. The molecule has 1 aromatic rings. The zero-order chi connectivity index (χ0) is 11.8. The lowest BCUT2D eigenvalue weighted by molar-refractivity contribution is -0.143. The topological polar surface area (TPSA) is 46.5 Å². The third-order valence-corrected chi connectivity index (χ3v) is 1.94. The molecule has 86 valence electrons. The Balaban J connectivity index is 2.26. The van der Waals surface area contributed by atoms with Crippen molar-refractivity contribution in [2.24, 2.45) is 0 Å². The Kier molecular flexibility index (Phi) is 5.29. The molecule has 0 radical (unpaired) electrons. The fourth-order valence-corrected chi connectivity index (χ4v) is 1.16. The molecule has 3 heteroatoms. The van der Waals surface area contributed by atoms with Crippen molar-refractivity contribution in [1.29, 1.82) is 0 Å². The van der Waals surface area contributed by atoms with Crippen molar-refractivity contribution in [2.45, 2.75) is 26.1 Å². The van der Waals surface area contributed by atoms with Gasteiger partial charge >= 0.3 is 5.97 Å². The molecule has 0 unspecified atom stereocenters. The smallest absolute Gasteiger partial charge is 0.309 e. The normalized spacial score (nSPS) is 12.6. The summed E-state index contributed by atoms with van der Waals surface area (Å²) in [5.74, 6) is -0.291. The number of ether oxygens (including phenoxy) is 1. The van der Waals surface area contributed by atoms with E-state index in [1.54, 1.807) is 19.1 Å². The first-order valence-corrected chi connectivity index (χ1v) is 5.23. The van der Waals surface area contributed by atoms with Crippen LogP contribution < -0.4 is 0 Å². The number of aliphatic hydroxyl groups is 1. The van der Waals surface area contributed by atoms with Gasteiger partial charge in [-0.1, -0.05) is 42.5 Å². The molecular formula is C13H16O3. The van der Waals surface area contributed by atoms with E-state index in [1.807, 2.05) is 30.3 Å². The first-order chi connectivity index (χ1) is 7.68. The summed E-state index contributed by atoms with van der Waals surface area (Å²) in [5, 5.41) is 8.93. The van der Waals surface area contributed by atoms with Gasteiger partial charge in [-0.3, -0.25) is 4.79 Å². The van der Waals surface area contributed by atoms with E-state index in [4.69, 9.17) is 9.84 Å². The Morgan fingerprint density at radius 3 is 2.75 bits per heavy atom. The van der Waals surface area contributed by atoms with Gasteiger partial charge in [0.25, 0.3) is 0 Å². The molecule has 16 heavy (non-hydrogen) atoms. The number of rotatable bonds is 5. The second kappa shape index (κ2) is 6.80. The highest BCUT2D eigenvalue weighted by molar-refractivity contribution is 5.71. The van der Waals surface area contributed by atoms with Gasteiger partial charge < -0.3 is 9.84 Å². The summed E-state index contributed by atoms with van der Waals surface area (Å²) < 4.78 is 5.04. The minimum absolute atomic E-state index is 0.192. The van der Waals surface area contributed by atoms with Crippen LogP contribution in [0.5, 0.6) is 0 Å². The van der Waals surface area contributed by atoms with Gasteiger partial charge in [-0.2, -0.15) is 0 Å². The highest BCUT2D eigenvalue weighted by Crippen LogP contribution is 2.02. The quantitative estimate of drug-likeness (QED) is 0.610. The summed E-state index contributed by atoms with van der Waals surface area (Å²) in [6.07, 6.45) is 2.83. The van der Waals surface area contributed by atoms with Gasteiger partial charge in [0.1, 0.15) is 6.61 Å². The SMILES string of the molecule is C[C@@H](O)/C=C/CC(=O)OCc1ccccc1. The molecule has 0 aliphatic rings. The van der Waals surface area contributed by atoms with Crippen molar-refractivity contribution in [3.8, 4) is 0 Å². The molecule has 1 rings (SSSR count). The Labute approximate surface area is 95.4 Å². The van der Waals surface area contributed by atoms with Crippen LogP contribution in [0.3, 0.4) is 0 Å². The molecule has 0 aromatic heterocycles. The van der Waals surface area contributed by atoms with Crippen LogP contribution in [0.4, 0.5) is 0 Å². The van der Waals surface area contributed by atoms with Gasteiger partial charge in [0.2, 0.25) is 0 Å². The number of benzene rings is 1. The maximum absolute atomic E-state index is 11.2. The Morgan fingerprint density at radius 2 is 2.12 bits per heavy atom. The highest BCUT2D eigenvalue weighted by Gasteiger charge is 2.00. The number of aliphatic hydroxyl groups excluding tert-OH is 1. The molecule has 0 aliphatic heterocycles. The molecule has 1 aromatic carbocycles. The van der Waals surface area contributed by atoms with Crippen LogP contribution in [-0.2, 0) is 16.1 Å². The number of carbonyl (C=O) groups excluding carboxylic acids is 1. The number of hydrogen-bond acceptors (Lipinski definition) is 3. The van der Waals surface area contributed by atoms with Crippen molar-refractivity contribution < 1.29 is 14.6 Å². The third kappa shape index (κ3) is 5.32. The third-order valence-electron chi connectivity index (χ3n) is 1.94. The van der Waals surface area contributed by atoms with E-state index in [0.717, 1.165) is 5.56 Å². The summed E-state index contributed by atoms with van der Waals surface area (Å²) in [7, 11) is 0. The van der Waals surface area contributed by atoms with Gasteiger partial charge in [0.05, 0.1) is 12.5 Å². The van der Waals surface area contributed by atoms with Crippen molar-refractivity contribution in [3.05, 3.63) is 48.0 Å². The summed E-state index contributed by atoms with van der Waals surface area (Å²) >= 11 is 0. The number of carbonyl (C=O) groups is 1. The van der Waals surface area contributed by atoms with E-state index >= 15 is 0 Å². The van der Waals surface area contributed by atoms with Gasteiger partial charge in [-0.25, -0.2) is 0 Å². The van der Waals surface area contributed by atoms with Gasteiger partial charge in [0, 0.05) is 0 Å². The first kappa shape index (κ1) is 12.5. The van der Waals surface area contributed by atoms with Crippen LogP contribution >= 0.6 is 0 Å². The Morgan fingerprint density at radius 1 is 1.44 bits per heavy atom. The number of hydrogen-bond donors (Lipinski definition) is 1. The molecule has 0 spiro atoms. The predicted molar refractivity (Wildman–Crippen MR) is 61.7 cm³/mol. The molecule has 0 aliphatic carbocycles. The molecule has 0 saturated heterocycles.